The van der Waals surface area contributed by atoms with Crippen LogP contribution in [0.15, 0.2) is 0 Å². The van der Waals surface area contributed by atoms with Crippen molar-refractivity contribution in [2.75, 3.05) is 46.3 Å². The van der Waals surface area contributed by atoms with Gasteiger partial charge in [0.2, 0.25) is 0 Å². The van der Waals surface area contributed by atoms with E-state index in [1.54, 1.807) is 0 Å². The molecule has 2 aliphatic rings. The molecule has 0 aromatic heterocycles. The molecule has 0 spiro atoms. The third-order valence-electron chi connectivity index (χ3n) is 4.78. The molecule has 0 bridgehead atoms. The maximum Gasteiger partial charge on any atom is 0.0110 e. The van der Waals surface area contributed by atoms with E-state index in [1.165, 1.54) is 90.6 Å². The van der Waals surface area contributed by atoms with E-state index in [1.807, 2.05) is 0 Å². The van der Waals surface area contributed by atoms with Gasteiger partial charge in [0.15, 0.2) is 0 Å². The molecule has 1 aliphatic carbocycles. The molecule has 2 rings (SSSR count). The van der Waals surface area contributed by atoms with E-state index in [4.69, 9.17) is 0 Å². The summed E-state index contributed by atoms with van der Waals surface area (Å²) in [5, 5.41) is 3.81. The number of hydrogen-bond acceptors (Lipinski definition) is 3. The maximum atomic E-state index is 3.81. The van der Waals surface area contributed by atoms with Crippen LogP contribution >= 0.6 is 0 Å². The van der Waals surface area contributed by atoms with Crippen LogP contribution in [0.1, 0.15) is 51.4 Å². The van der Waals surface area contributed by atoms with Gasteiger partial charge in [0.1, 0.15) is 0 Å². The van der Waals surface area contributed by atoms with Crippen molar-refractivity contribution >= 4 is 0 Å². The summed E-state index contributed by atoms with van der Waals surface area (Å²) in [5.41, 5.74) is 0. The summed E-state index contributed by atoms with van der Waals surface area (Å²) in [7, 11) is 2.25. The molecule has 1 saturated carbocycles. The lowest BCUT2D eigenvalue weighted by Gasteiger charge is -2.24. The highest BCUT2D eigenvalue weighted by Gasteiger charge is 2.13. The molecule has 0 amide bonds. The highest BCUT2D eigenvalue weighted by molar-refractivity contribution is 4.72. The molecular formula is C16H33N3. The Morgan fingerprint density at radius 3 is 2.37 bits per heavy atom. The Morgan fingerprint density at radius 1 is 0.842 bits per heavy atom. The summed E-state index contributed by atoms with van der Waals surface area (Å²) >= 11 is 0. The number of likely N-dealkylation sites (N-methyl/N-ethyl adjacent to an activating group) is 1. The lowest BCUT2D eigenvalue weighted by molar-refractivity contribution is 0.267. The van der Waals surface area contributed by atoms with Crippen LogP contribution < -0.4 is 5.32 Å². The predicted octanol–water partition coefficient (Wildman–Crippen LogP) is 2.33. The van der Waals surface area contributed by atoms with Crippen molar-refractivity contribution in [3.05, 3.63) is 0 Å². The molecule has 1 aliphatic heterocycles. The Morgan fingerprint density at radius 2 is 1.58 bits per heavy atom. The molecule has 0 aromatic carbocycles. The highest BCUT2D eigenvalue weighted by Crippen LogP contribution is 2.16. The zero-order valence-corrected chi connectivity index (χ0v) is 12.9. The average molecular weight is 267 g/mol. The average Bonchev–Trinajstić information content (AvgIpc) is 2.57. The molecule has 1 saturated heterocycles. The van der Waals surface area contributed by atoms with Gasteiger partial charge in [-0.15, -0.1) is 0 Å². The first-order valence-electron chi connectivity index (χ1n) is 8.49. The fourth-order valence-electron chi connectivity index (χ4n) is 3.41. The lowest BCUT2D eigenvalue weighted by Crippen LogP contribution is -2.38. The second-order valence-electron chi connectivity index (χ2n) is 6.49. The summed E-state index contributed by atoms with van der Waals surface area (Å²) < 4.78 is 0. The van der Waals surface area contributed by atoms with Crippen molar-refractivity contribution in [1.82, 2.24) is 15.1 Å². The second kappa shape index (κ2) is 8.93. The Hall–Kier alpha value is -0.120. The fourth-order valence-corrected chi connectivity index (χ4v) is 3.41. The number of hydrogen-bond donors (Lipinski definition) is 1. The fraction of sp³-hybridized carbons (Fsp3) is 1.00. The quantitative estimate of drug-likeness (QED) is 0.843. The minimum atomic E-state index is 0.801. The van der Waals surface area contributed by atoms with E-state index in [-0.39, 0.29) is 0 Å². The van der Waals surface area contributed by atoms with Gasteiger partial charge in [-0.05, 0) is 39.4 Å². The van der Waals surface area contributed by atoms with Crippen molar-refractivity contribution in [2.24, 2.45) is 0 Å². The SMILES string of the molecule is CN1CCCN(CCNC2CCCCCCC2)CC1. The van der Waals surface area contributed by atoms with E-state index < -0.39 is 0 Å². The maximum absolute atomic E-state index is 3.81. The molecule has 0 radical (unpaired) electrons. The van der Waals surface area contributed by atoms with Gasteiger partial charge in [0, 0.05) is 32.2 Å². The molecule has 112 valence electrons. The number of rotatable bonds is 4. The molecule has 2 fully saturated rings. The van der Waals surface area contributed by atoms with Gasteiger partial charge < -0.3 is 15.1 Å². The van der Waals surface area contributed by atoms with E-state index in [9.17, 15) is 0 Å². The zero-order chi connectivity index (χ0) is 13.3. The van der Waals surface area contributed by atoms with Crippen molar-refractivity contribution in [3.63, 3.8) is 0 Å². The Labute approximate surface area is 119 Å². The Bertz CT molecular complexity index is 219. The van der Waals surface area contributed by atoms with E-state index in [0.29, 0.717) is 0 Å². The molecule has 0 aromatic rings. The normalized spacial score (nSPS) is 25.7. The van der Waals surface area contributed by atoms with Gasteiger partial charge in [-0.3, -0.25) is 0 Å². The summed E-state index contributed by atoms with van der Waals surface area (Å²) in [6.45, 7) is 7.48. The molecular weight excluding hydrogens is 234 g/mol. The van der Waals surface area contributed by atoms with Crippen LogP contribution in [0.5, 0.6) is 0 Å². The van der Waals surface area contributed by atoms with Gasteiger partial charge in [-0.25, -0.2) is 0 Å². The molecule has 19 heavy (non-hydrogen) atoms. The smallest absolute Gasteiger partial charge is 0.0110 e. The molecule has 3 nitrogen and oxygen atoms in total. The van der Waals surface area contributed by atoms with Crippen LogP contribution in [0.4, 0.5) is 0 Å². The van der Waals surface area contributed by atoms with E-state index >= 15 is 0 Å². The van der Waals surface area contributed by atoms with Gasteiger partial charge in [-0.2, -0.15) is 0 Å². The van der Waals surface area contributed by atoms with Crippen molar-refractivity contribution in [3.8, 4) is 0 Å². The van der Waals surface area contributed by atoms with Gasteiger partial charge in [-0.1, -0.05) is 32.1 Å². The van der Waals surface area contributed by atoms with Crippen LogP contribution in [0.3, 0.4) is 0 Å². The van der Waals surface area contributed by atoms with Gasteiger partial charge in [0.05, 0.1) is 0 Å². The highest BCUT2D eigenvalue weighted by atomic mass is 15.2. The first-order chi connectivity index (χ1) is 9.34. The topological polar surface area (TPSA) is 18.5 Å². The van der Waals surface area contributed by atoms with E-state index in [2.05, 4.69) is 22.2 Å². The Balaban J connectivity index is 1.59. The summed E-state index contributed by atoms with van der Waals surface area (Å²) in [5.74, 6) is 0. The van der Waals surface area contributed by atoms with Gasteiger partial charge in [0.25, 0.3) is 0 Å². The lowest BCUT2D eigenvalue weighted by atomic mass is 9.97. The first-order valence-corrected chi connectivity index (χ1v) is 8.49. The standard InChI is InChI=1S/C16H33N3/c1-18-11-7-12-19(15-14-18)13-10-17-16-8-5-3-2-4-6-9-16/h16-17H,2-15H2,1H3. The molecule has 1 N–H and O–H groups in total. The van der Waals surface area contributed by atoms with Crippen LogP contribution in [-0.2, 0) is 0 Å². The van der Waals surface area contributed by atoms with Crippen LogP contribution in [0.2, 0.25) is 0 Å². The largest absolute Gasteiger partial charge is 0.313 e. The second-order valence-corrected chi connectivity index (χ2v) is 6.49. The van der Waals surface area contributed by atoms with Crippen molar-refractivity contribution < 1.29 is 0 Å². The Kier molecular flexibility index (Phi) is 7.18. The number of nitrogens with one attached hydrogen (secondary N) is 1. The number of nitrogens with zero attached hydrogens (tertiary/aromatic N) is 2. The molecule has 1 heterocycles. The van der Waals surface area contributed by atoms with Crippen molar-refractivity contribution in [2.45, 2.75) is 57.4 Å². The molecule has 0 atom stereocenters. The minimum absolute atomic E-state index is 0.801. The van der Waals surface area contributed by atoms with Crippen molar-refractivity contribution in [1.29, 1.82) is 0 Å². The monoisotopic (exact) mass is 267 g/mol. The predicted molar refractivity (Wildman–Crippen MR) is 82.7 cm³/mol. The molecule has 0 unspecified atom stereocenters. The zero-order valence-electron chi connectivity index (χ0n) is 12.9. The minimum Gasteiger partial charge on any atom is -0.313 e. The summed E-state index contributed by atoms with van der Waals surface area (Å²) in [4.78, 5) is 5.10. The third kappa shape index (κ3) is 6.24. The van der Waals surface area contributed by atoms with Crippen LogP contribution in [-0.4, -0.2) is 62.2 Å². The third-order valence-corrected chi connectivity index (χ3v) is 4.78. The van der Waals surface area contributed by atoms with Crippen LogP contribution in [0, 0.1) is 0 Å². The molecule has 3 heteroatoms. The van der Waals surface area contributed by atoms with E-state index in [0.717, 1.165) is 6.04 Å². The summed E-state index contributed by atoms with van der Waals surface area (Å²) in [6, 6.07) is 0.801. The van der Waals surface area contributed by atoms with Crippen LogP contribution in [0.25, 0.3) is 0 Å². The van der Waals surface area contributed by atoms with Gasteiger partial charge >= 0.3 is 0 Å². The summed E-state index contributed by atoms with van der Waals surface area (Å²) in [6.07, 6.45) is 11.4. The first kappa shape index (κ1) is 15.3.